The number of hydrogen-bond donors (Lipinski definition) is 1. The minimum Gasteiger partial charge on any atom is -0.326 e. The molecule has 0 saturated carbocycles. The van der Waals surface area contributed by atoms with Crippen LogP contribution >= 0.6 is 11.3 Å². The lowest BCUT2D eigenvalue weighted by Crippen LogP contribution is -2.43. The number of benzene rings is 2. The number of carbonyl (C=O) groups is 4. The molecule has 7 nitrogen and oxygen atoms in total. The Kier molecular flexibility index (Phi) is 5.07. The molecule has 1 aromatic heterocycles. The number of thiophene rings is 1. The van der Waals surface area contributed by atoms with E-state index in [0.29, 0.717) is 40.3 Å². The first-order valence-electron chi connectivity index (χ1n) is 10.3. The minimum absolute atomic E-state index is 0.141. The van der Waals surface area contributed by atoms with Gasteiger partial charge >= 0.3 is 0 Å². The van der Waals surface area contributed by atoms with Crippen LogP contribution in [0.2, 0.25) is 0 Å². The van der Waals surface area contributed by atoms with E-state index in [1.54, 1.807) is 59.5 Å². The fourth-order valence-corrected chi connectivity index (χ4v) is 4.88. The van der Waals surface area contributed by atoms with Crippen LogP contribution in [0.1, 0.15) is 43.2 Å². The van der Waals surface area contributed by atoms with E-state index in [9.17, 15) is 19.2 Å². The smallest absolute Gasteiger partial charge is 0.266 e. The lowest BCUT2D eigenvalue weighted by Gasteiger charge is -2.23. The summed E-state index contributed by atoms with van der Waals surface area (Å²) >= 11 is 1.35. The van der Waals surface area contributed by atoms with E-state index in [4.69, 9.17) is 0 Å². The highest BCUT2D eigenvalue weighted by Crippen LogP contribution is 2.30. The zero-order valence-electron chi connectivity index (χ0n) is 17.0. The minimum atomic E-state index is -0.562. The molecule has 1 atom stereocenters. The van der Waals surface area contributed by atoms with E-state index < -0.39 is 17.9 Å². The summed E-state index contributed by atoms with van der Waals surface area (Å²) in [5.74, 6) is -1.21. The zero-order chi connectivity index (χ0) is 22.2. The monoisotopic (exact) mass is 445 g/mol. The van der Waals surface area contributed by atoms with Crippen molar-refractivity contribution in [2.75, 3.05) is 16.8 Å². The highest BCUT2D eigenvalue weighted by molar-refractivity contribution is 7.12. The lowest BCUT2D eigenvalue weighted by atomic mass is 10.1. The molecule has 1 fully saturated rings. The van der Waals surface area contributed by atoms with Gasteiger partial charge in [-0.25, -0.2) is 4.90 Å². The van der Waals surface area contributed by atoms with Crippen LogP contribution in [0.25, 0.3) is 0 Å². The van der Waals surface area contributed by atoms with Crippen molar-refractivity contribution in [1.29, 1.82) is 0 Å². The number of fused-ring (bicyclic) bond motifs is 1. The van der Waals surface area contributed by atoms with Crippen molar-refractivity contribution in [1.82, 2.24) is 4.90 Å². The topological polar surface area (TPSA) is 86.8 Å². The average Bonchev–Trinajstić information content (AvgIpc) is 3.55. The van der Waals surface area contributed by atoms with Gasteiger partial charge in [0, 0.05) is 12.2 Å². The molecular weight excluding hydrogens is 426 g/mol. The molecular formula is C24H19N3O4S. The molecule has 5 rings (SSSR count). The van der Waals surface area contributed by atoms with Gasteiger partial charge in [-0.05, 0) is 54.6 Å². The third kappa shape index (κ3) is 3.38. The Hall–Kier alpha value is -3.78. The molecule has 2 aliphatic heterocycles. The quantitative estimate of drug-likeness (QED) is 0.619. The Balaban J connectivity index is 1.34. The van der Waals surface area contributed by atoms with Crippen LogP contribution in [0.3, 0.4) is 0 Å². The molecule has 3 aromatic rings. The van der Waals surface area contributed by atoms with Gasteiger partial charge in [0.1, 0.15) is 6.04 Å². The van der Waals surface area contributed by atoms with Crippen molar-refractivity contribution in [3.05, 3.63) is 82.0 Å². The molecule has 3 heterocycles. The number of likely N-dealkylation sites (tertiary alicyclic amines) is 1. The highest BCUT2D eigenvalue weighted by atomic mass is 32.1. The Morgan fingerprint density at radius 2 is 1.69 bits per heavy atom. The standard InChI is InChI=1S/C24H19N3O4S/c28-21(19-10-4-12-26(19)24(31)20-11-5-13-32-20)25-15-6-3-7-16(14-15)27-22(29)17-8-1-2-9-18(17)23(27)30/h1-3,5-9,11,13-14,19H,4,10,12H2,(H,25,28)/t19-/m0/s1. The first-order valence-corrected chi connectivity index (χ1v) is 11.2. The number of nitrogens with one attached hydrogen (secondary N) is 1. The second kappa shape index (κ2) is 8.05. The summed E-state index contributed by atoms with van der Waals surface area (Å²) in [6.07, 6.45) is 1.34. The Morgan fingerprint density at radius 3 is 2.38 bits per heavy atom. The summed E-state index contributed by atoms with van der Waals surface area (Å²) < 4.78 is 0. The molecule has 160 valence electrons. The normalized spacial score (nSPS) is 17.6. The Morgan fingerprint density at radius 1 is 0.938 bits per heavy atom. The van der Waals surface area contributed by atoms with Crippen LogP contribution in [0.4, 0.5) is 11.4 Å². The van der Waals surface area contributed by atoms with Crippen LogP contribution in [-0.2, 0) is 4.79 Å². The van der Waals surface area contributed by atoms with Crippen LogP contribution in [-0.4, -0.2) is 41.1 Å². The predicted molar refractivity (Wildman–Crippen MR) is 121 cm³/mol. The molecule has 0 unspecified atom stereocenters. The number of anilines is 2. The summed E-state index contributed by atoms with van der Waals surface area (Å²) in [6.45, 7) is 0.532. The van der Waals surface area contributed by atoms with Crippen molar-refractivity contribution in [3.8, 4) is 0 Å². The van der Waals surface area contributed by atoms with Gasteiger partial charge in [0.25, 0.3) is 17.7 Å². The summed E-state index contributed by atoms with van der Waals surface area (Å²) in [5, 5.41) is 4.69. The summed E-state index contributed by atoms with van der Waals surface area (Å²) in [5.41, 5.74) is 1.56. The van der Waals surface area contributed by atoms with Gasteiger partial charge in [-0.1, -0.05) is 24.3 Å². The lowest BCUT2D eigenvalue weighted by molar-refractivity contribution is -0.119. The molecule has 4 amide bonds. The van der Waals surface area contributed by atoms with E-state index in [1.807, 2.05) is 11.4 Å². The van der Waals surface area contributed by atoms with Gasteiger partial charge in [0.2, 0.25) is 5.91 Å². The average molecular weight is 446 g/mol. The van der Waals surface area contributed by atoms with Gasteiger partial charge in [0.05, 0.1) is 21.7 Å². The van der Waals surface area contributed by atoms with E-state index >= 15 is 0 Å². The van der Waals surface area contributed by atoms with Crippen molar-refractivity contribution in [2.45, 2.75) is 18.9 Å². The SMILES string of the molecule is O=C(Nc1cccc(N2C(=O)c3ccccc3C2=O)c1)[C@@H]1CCCN1C(=O)c1cccs1. The second-order valence-corrected chi connectivity index (χ2v) is 8.61. The fraction of sp³-hybridized carbons (Fsp3) is 0.167. The van der Waals surface area contributed by atoms with Gasteiger partial charge in [-0.2, -0.15) is 0 Å². The van der Waals surface area contributed by atoms with Gasteiger partial charge in [-0.3, -0.25) is 19.2 Å². The molecule has 0 aliphatic carbocycles. The third-order valence-electron chi connectivity index (χ3n) is 5.71. The first kappa shape index (κ1) is 20.1. The van der Waals surface area contributed by atoms with E-state index in [0.717, 1.165) is 11.3 Å². The maximum Gasteiger partial charge on any atom is 0.266 e. The summed E-state index contributed by atoms with van der Waals surface area (Å²) in [6, 6.07) is 16.3. The maximum atomic E-state index is 13.0. The molecule has 0 radical (unpaired) electrons. The maximum absolute atomic E-state index is 13.0. The highest BCUT2D eigenvalue weighted by Gasteiger charge is 2.37. The van der Waals surface area contributed by atoms with Crippen molar-refractivity contribution >= 4 is 46.3 Å². The van der Waals surface area contributed by atoms with E-state index in [1.165, 1.54) is 11.3 Å². The van der Waals surface area contributed by atoms with Crippen molar-refractivity contribution in [3.63, 3.8) is 0 Å². The molecule has 2 aromatic carbocycles. The fourth-order valence-electron chi connectivity index (χ4n) is 4.20. The molecule has 0 spiro atoms. The van der Waals surface area contributed by atoms with Gasteiger partial charge < -0.3 is 10.2 Å². The molecule has 0 bridgehead atoms. The van der Waals surface area contributed by atoms with Crippen LogP contribution < -0.4 is 10.2 Å². The second-order valence-electron chi connectivity index (χ2n) is 7.66. The molecule has 1 saturated heterocycles. The Labute approximate surface area is 188 Å². The van der Waals surface area contributed by atoms with E-state index in [-0.39, 0.29) is 11.8 Å². The number of nitrogens with zero attached hydrogens (tertiary/aromatic N) is 2. The molecule has 2 aliphatic rings. The van der Waals surface area contributed by atoms with Crippen molar-refractivity contribution in [2.24, 2.45) is 0 Å². The number of imide groups is 1. The summed E-state index contributed by atoms with van der Waals surface area (Å²) in [4.78, 5) is 54.6. The van der Waals surface area contributed by atoms with Crippen LogP contribution in [0.5, 0.6) is 0 Å². The molecule has 8 heteroatoms. The summed E-state index contributed by atoms with van der Waals surface area (Å²) in [7, 11) is 0. The number of amides is 4. The number of hydrogen-bond acceptors (Lipinski definition) is 5. The molecule has 1 N–H and O–H groups in total. The predicted octanol–water partition coefficient (Wildman–Crippen LogP) is 3.79. The van der Waals surface area contributed by atoms with E-state index in [2.05, 4.69) is 5.32 Å². The van der Waals surface area contributed by atoms with Crippen LogP contribution in [0, 0.1) is 0 Å². The van der Waals surface area contributed by atoms with Gasteiger partial charge in [-0.15, -0.1) is 11.3 Å². The molecule has 32 heavy (non-hydrogen) atoms. The Bertz CT molecular complexity index is 1200. The van der Waals surface area contributed by atoms with Gasteiger partial charge in [0.15, 0.2) is 0 Å². The zero-order valence-corrected chi connectivity index (χ0v) is 17.8. The third-order valence-corrected chi connectivity index (χ3v) is 6.57. The van der Waals surface area contributed by atoms with Crippen molar-refractivity contribution < 1.29 is 19.2 Å². The largest absolute Gasteiger partial charge is 0.326 e. The first-order chi connectivity index (χ1) is 15.5. The number of rotatable bonds is 4. The number of carbonyl (C=O) groups excluding carboxylic acids is 4. The van der Waals surface area contributed by atoms with Crippen LogP contribution in [0.15, 0.2) is 66.0 Å².